The van der Waals surface area contributed by atoms with Crippen LogP contribution in [0.2, 0.25) is 0 Å². The van der Waals surface area contributed by atoms with E-state index in [1.165, 1.54) is 7.11 Å². The number of rotatable bonds is 6. The van der Waals surface area contributed by atoms with E-state index in [2.05, 4.69) is 10.5 Å². The van der Waals surface area contributed by atoms with Crippen molar-refractivity contribution in [3.8, 4) is 0 Å². The fourth-order valence-corrected chi connectivity index (χ4v) is 3.13. The van der Waals surface area contributed by atoms with Crippen LogP contribution in [0.25, 0.3) is 0 Å². The summed E-state index contributed by atoms with van der Waals surface area (Å²) in [5.74, 6) is -0.698. The van der Waals surface area contributed by atoms with Gasteiger partial charge in [-0.1, -0.05) is 42.4 Å². The Hall–Kier alpha value is -2.63. The molecule has 1 aromatic carbocycles. The average molecular weight is 344 g/mol. The molecule has 0 bridgehead atoms. The standard InChI is InChI=1S/C19H24N2O4/c1-6-19(18(23)24-5,15-10-8-7-9-11-15)20-17(22)12(2)16-13(3)21-25-14(16)4/h7-12H,6H2,1-5H3,(H,20,22)/t12-,19-/m1/s1. The van der Waals surface area contributed by atoms with Gasteiger partial charge in [-0.3, -0.25) is 4.79 Å². The lowest BCUT2D eigenvalue weighted by molar-refractivity contribution is -0.152. The summed E-state index contributed by atoms with van der Waals surface area (Å²) in [7, 11) is 1.32. The Bertz CT molecular complexity index is 735. The van der Waals surface area contributed by atoms with Gasteiger partial charge in [0.25, 0.3) is 0 Å². The molecule has 1 aromatic heterocycles. The van der Waals surface area contributed by atoms with E-state index in [9.17, 15) is 9.59 Å². The van der Waals surface area contributed by atoms with Crippen molar-refractivity contribution in [2.24, 2.45) is 0 Å². The Kier molecular flexibility index (Phi) is 5.62. The third-order valence-electron chi connectivity index (χ3n) is 4.58. The van der Waals surface area contributed by atoms with E-state index < -0.39 is 17.4 Å². The van der Waals surface area contributed by atoms with Gasteiger partial charge in [-0.2, -0.15) is 0 Å². The summed E-state index contributed by atoms with van der Waals surface area (Å²) in [4.78, 5) is 25.5. The summed E-state index contributed by atoms with van der Waals surface area (Å²) in [6, 6.07) is 9.12. The van der Waals surface area contributed by atoms with Gasteiger partial charge in [-0.15, -0.1) is 0 Å². The number of carbonyl (C=O) groups excluding carboxylic acids is 2. The first-order valence-electron chi connectivity index (χ1n) is 8.26. The van der Waals surface area contributed by atoms with E-state index in [1.54, 1.807) is 32.9 Å². The number of benzene rings is 1. The average Bonchev–Trinajstić information content (AvgIpc) is 2.97. The molecule has 6 nitrogen and oxygen atoms in total. The molecule has 0 fully saturated rings. The van der Waals surface area contributed by atoms with Crippen molar-refractivity contribution in [2.75, 3.05) is 7.11 Å². The lowest BCUT2D eigenvalue weighted by Gasteiger charge is -2.32. The summed E-state index contributed by atoms with van der Waals surface area (Å²) in [6.45, 7) is 7.17. The maximum absolute atomic E-state index is 12.9. The number of aryl methyl sites for hydroxylation is 2. The zero-order valence-electron chi connectivity index (χ0n) is 15.3. The molecule has 2 aromatic rings. The molecule has 1 N–H and O–H groups in total. The first-order chi connectivity index (χ1) is 11.9. The fourth-order valence-electron chi connectivity index (χ4n) is 3.13. The van der Waals surface area contributed by atoms with Crippen molar-refractivity contribution in [3.63, 3.8) is 0 Å². The Morgan fingerprint density at radius 1 is 1.28 bits per heavy atom. The van der Waals surface area contributed by atoms with Crippen molar-refractivity contribution in [1.29, 1.82) is 0 Å². The van der Waals surface area contributed by atoms with Crippen molar-refractivity contribution in [1.82, 2.24) is 10.5 Å². The van der Waals surface area contributed by atoms with Gasteiger partial charge in [0.15, 0.2) is 5.54 Å². The highest BCUT2D eigenvalue weighted by Gasteiger charge is 2.42. The van der Waals surface area contributed by atoms with Gasteiger partial charge in [-0.05, 0) is 32.8 Å². The van der Waals surface area contributed by atoms with Crippen LogP contribution >= 0.6 is 0 Å². The Balaban J connectivity index is 2.40. The first-order valence-corrected chi connectivity index (χ1v) is 8.26. The van der Waals surface area contributed by atoms with Gasteiger partial charge < -0.3 is 14.6 Å². The molecule has 0 aliphatic heterocycles. The van der Waals surface area contributed by atoms with Crippen molar-refractivity contribution in [3.05, 3.63) is 52.9 Å². The van der Waals surface area contributed by atoms with E-state index in [0.29, 0.717) is 23.4 Å². The monoisotopic (exact) mass is 344 g/mol. The molecule has 6 heteroatoms. The number of nitrogens with zero attached hydrogens (tertiary/aromatic N) is 1. The van der Waals surface area contributed by atoms with Crippen LogP contribution < -0.4 is 5.32 Å². The first kappa shape index (κ1) is 18.7. The second-order valence-corrected chi connectivity index (χ2v) is 6.07. The molecule has 0 saturated carbocycles. The van der Waals surface area contributed by atoms with Crippen LogP contribution in [0.3, 0.4) is 0 Å². The van der Waals surface area contributed by atoms with Gasteiger partial charge in [-0.25, -0.2) is 4.79 Å². The Labute approximate surface area is 147 Å². The molecule has 0 radical (unpaired) electrons. The van der Waals surface area contributed by atoms with Crippen LogP contribution in [0.1, 0.15) is 48.8 Å². The third kappa shape index (κ3) is 3.43. The molecule has 0 unspecified atom stereocenters. The normalized spacial score (nSPS) is 14.4. The minimum atomic E-state index is -1.24. The SMILES string of the molecule is CC[C@](NC(=O)[C@H](C)c1c(C)noc1C)(C(=O)OC)c1ccccc1. The third-order valence-corrected chi connectivity index (χ3v) is 4.58. The number of hydrogen-bond acceptors (Lipinski definition) is 5. The number of carbonyl (C=O) groups is 2. The van der Waals surface area contributed by atoms with Crippen LogP contribution in [0, 0.1) is 13.8 Å². The minimum Gasteiger partial charge on any atom is -0.467 e. The second kappa shape index (κ2) is 7.51. The smallest absolute Gasteiger partial charge is 0.336 e. The van der Waals surface area contributed by atoms with E-state index in [1.807, 2.05) is 25.1 Å². The summed E-state index contributed by atoms with van der Waals surface area (Å²) in [5.41, 5.74) is 0.851. The molecule has 2 rings (SSSR count). The predicted molar refractivity (Wildman–Crippen MR) is 93.0 cm³/mol. The number of esters is 1. The molecule has 0 aliphatic carbocycles. The lowest BCUT2D eigenvalue weighted by Crippen LogP contribution is -2.53. The lowest BCUT2D eigenvalue weighted by atomic mass is 9.86. The number of methoxy groups -OCH3 is 1. The van der Waals surface area contributed by atoms with Crippen LogP contribution in [-0.2, 0) is 19.9 Å². The van der Waals surface area contributed by atoms with Crippen molar-refractivity contribution < 1.29 is 18.8 Å². The van der Waals surface area contributed by atoms with Crippen LogP contribution in [-0.4, -0.2) is 24.1 Å². The number of ether oxygens (including phenoxy) is 1. The summed E-state index contributed by atoms with van der Waals surface area (Å²) < 4.78 is 10.1. The number of aromatic nitrogens is 1. The Morgan fingerprint density at radius 3 is 2.40 bits per heavy atom. The van der Waals surface area contributed by atoms with Gasteiger partial charge >= 0.3 is 5.97 Å². The molecule has 2 atom stereocenters. The highest BCUT2D eigenvalue weighted by molar-refractivity contribution is 5.92. The molecule has 1 amide bonds. The maximum Gasteiger partial charge on any atom is 0.336 e. The van der Waals surface area contributed by atoms with Crippen molar-refractivity contribution in [2.45, 2.75) is 45.6 Å². The summed E-state index contributed by atoms with van der Waals surface area (Å²) >= 11 is 0. The number of hydrogen-bond donors (Lipinski definition) is 1. The topological polar surface area (TPSA) is 81.4 Å². The summed E-state index contributed by atoms with van der Waals surface area (Å²) in [6.07, 6.45) is 0.365. The molecule has 0 saturated heterocycles. The van der Waals surface area contributed by atoms with Crippen LogP contribution in [0.4, 0.5) is 0 Å². The van der Waals surface area contributed by atoms with Gasteiger partial charge in [0.2, 0.25) is 5.91 Å². The minimum absolute atomic E-state index is 0.287. The largest absolute Gasteiger partial charge is 0.467 e. The number of amides is 1. The van der Waals surface area contributed by atoms with Crippen molar-refractivity contribution >= 4 is 11.9 Å². The van der Waals surface area contributed by atoms with Gasteiger partial charge in [0.05, 0.1) is 18.7 Å². The Morgan fingerprint density at radius 2 is 1.92 bits per heavy atom. The summed E-state index contributed by atoms with van der Waals surface area (Å²) in [5, 5.41) is 6.81. The molecular weight excluding hydrogens is 320 g/mol. The highest BCUT2D eigenvalue weighted by atomic mass is 16.5. The molecule has 0 spiro atoms. The zero-order chi connectivity index (χ0) is 18.6. The van der Waals surface area contributed by atoms with E-state index >= 15 is 0 Å². The highest BCUT2D eigenvalue weighted by Crippen LogP contribution is 2.30. The van der Waals surface area contributed by atoms with E-state index in [0.717, 1.165) is 5.56 Å². The quantitative estimate of drug-likeness (QED) is 0.815. The second-order valence-electron chi connectivity index (χ2n) is 6.07. The van der Waals surface area contributed by atoms with E-state index in [-0.39, 0.29) is 5.91 Å². The van der Waals surface area contributed by atoms with E-state index in [4.69, 9.17) is 9.26 Å². The molecule has 25 heavy (non-hydrogen) atoms. The fraction of sp³-hybridized carbons (Fsp3) is 0.421. The molecular formula is C19H24N2O4. The number of nitrogens with one attached hydrogen (secondary N) is 1. The van der Waals surface area contributed by atoms with Crippen LogP contribution in [0.5, 0.6) is 0 Å². The van der Waals surface area contributed by atoms with Gasteiger partial charge in [0.1, 0.15) is 5.76 Å². The van der Waals surface area contributed by atoms with Crippen LogP contribution in [0.15, 0.2) is 34.9 Å². The molecule has 1 heterocycles. The maximum atomic E-state index is 12.9. The molecule has 134 valence electrons. The predicted octanol–water partition coefficient (Wildman–Crippen LogP) is 2.99. The van der Waals surface area contributed by atoms with Gasteiger partial charge in [0, 0.05) is 5.56 Å². The zero-order valence-corrected chi connectivity index (χ0v) is 15.3. The molecule has 0 aliphatic rings.